The fourth-order valence-corrected chi connectivity index (χ4v) is 3.67. The van der Waals surface area contributed by atoms with E-state index >= 15 is 0 Å². The van der Waals surface area contributed by atoms with Crippen molar-refractivity contribution in [1.82, 2.24) is 9.97 Å². The lowest BCUT2D eigenvalue weighted by Crippen LogP contribution is -2.07. The van der Waals surface area contributed by atoms with Crippen LogP contribution >= 0.6 is 11.3 Å². The van der Waals surface area contributed by atoms with E-state index in [0.717, 1.165) is 21.3 Å². The summed E-state index contributed by atoms with van der Waals surface area (Å²) in [6, 6.07) is 12.0. The van der Waals surface area contributed by atoms with Gasteiger partial charge in [0.1, 0.15) is 17.3 Å². The Bertz CT molecular complexity index is 1170. The number of hydrogen-bond donors (Lipinski definition) is 2. The molecular formula is C21H17FN4OS. The minimum atomic E-state index is -0.289. The number of anilines is 1. The Balaban J connectivity index is 1.68. The number of rotatable bonds is 5. The summed E-state index contributed by atoms with van der Waals surface area (Å²) in [5.41, 5.74) is 9.12. The maximum atomic E-state index is 13.2. The molecule has 0 aliphatic rings. The summed E-state index contributed by atoms with van der Waals surface area (Å²) in [5, 5.41) is 3.80. The van der Waals surface area contributed by atoms with Gasteiger partial charge in [-0.05, 0) is 55.5 Å². The van der Waals surface area contributed by atoms with Crippen molar-refractivity contribution in [2.45, 2.75) is 6.92 Å². The van der Waals surface area contributed by atoms with Crippen molar-refractivity contribution < 1.29 is 8.81 Å². The molecule has 2 aromatic carbocycles. The van der Waals surface area contributed by atoms with Gasteiger partial charge >= 0.3 is 0 Å². The first kappa shape index (κ1) is 17.9. The molecular weight excluding hydrogens is 375 g/mol. The summed E-state index contributed by atoms with van der Waals surface area (Å²) >= 11 is 1.50. The summed E-state index contributed by atoms with van der Waals surface area (Å²) in [4.78, 5) is 8.85. The van der Waals surface area contributed by atoms with Gasteiger partial charge < -0.3 is 15.5 Å². The van der Waals surface area contributed by atoms with Gasteiger partial charge in [-0.3, -0.25) is 0 Å². The molecule has 140 valence electrons. The van der Waals surface area contributed by atoms with Crippen molar-refractivity contribution in [2.75, 3.05) is 5.32 Å². The minimum Gasteiger partial charge on any atom is -0.443 e. The van der Waals surface area contributed by atoms with Crippen molar-refractivity contribution in [2.24, 2.45) is 5.73 Å². The summed E-state index contributed by atoms with van der Waals surface area (Å²) in [7, 11) is 0. The van der Waals surface area contributed by atoms with Crippen LogP contribution in [-0.4, -0.2) is 9.97 Å². The Morgan fingerprint density at radius 3 is 2.75 bits per heavy atom. The lowest BCUT2D eigenvalue weighted by atomic mass is 10.1. The molecule has 0 fully saturated rings. The molecule has 0 saturated carbocycles. The zero-order valence-electron chi connectivity index (χ0n) is 15.0. The molecule has 0 spiro atoms. The number of halogens is 1. The van der Waals surface area contributed by atoms with Gasteiger partial charge in [-0.1, -0.05) is 23.5 Å². The first-order valence-corrected chi connectivity index (χ1v) is 9.41. The molecule has 2 heterocycles. The monoisotopic (exact) mass is 392 g/mol. The molecule has 7 heteroatoms. The van der Waals surface area contributed by atoms with E-state index in [1.807, 2.05) is 37.3 Å². The van der Waals surface area contributed by atoms with Crippen LogP contribution in [0.15, 0.2) is 77.3 Å². The van der Waals surface area contributed by atoms with Crippen molar-refractivity contribution in [3.05, 3.63) is 78.7 Å². The van der Waals surface area contributed by atoms with Gasteiger partial charge in [0.15, 0.2) is 17.3 Å². The minimum absolute atomic E-state index is 0.289. The number of thiazole rings is 1. The first-order valence-electron chi connectivity index (χ1n) is 8.60. The van der Waals surface area contributed by atoms with E-state index < -0.39 is 0 Å². The number of nitrogens with zero attached hydrogens (tertiary/aromatic N) is 2. The van der Waals surface area contributed by atoms with Crippen LogP contribution in [0.5, 0.6) is 0 Å². The quantitative estimate of drug-likeness (QED) is 0.436. The molecule has 0 atom stereocenters. The SMILES string of the molecule is C/C=C\C=C(/N)Nc1nc2ccc(-c3ocnc3-c3ccc(F)cc3)cc2s1. The predicted octanol–water partition coefficient (Wildman–Crippen LogP) is 5.55. The Labute approximate surface area is 165 Å². The number of oxazole rings is 1. The van der Waals surface area contributed by atoms with E-state index in [1.165, 1.54) is 29.9 Å². The third-order valence-electron chi connectivity index (χ3n) is 4.06. The Kier molecular flexibility index (Phi) is 4.90. The van der Waals surface area contributed by atoms with E-state index in [9.17, 15) is 4.39 Å². The van der Waals surface area contributed by atoms with Crippen LogP contribution in [0.4, 0.5) is 9.52 Å². The average molecular weight is 392 g/mol. The second kappa shape index (κ2) is 7.66. The number of nitrogens with two attached hydrogens (primary N) is 1. The number of allylic oxidation sites excluding steroid dienone is 3. The second-order valence-electron chi connectivity index (χ2n) is 6.01. The highest BCUT2D eigenvalue weighted by molar-refractivity contribution is 7.22. The Morgan fingerprint density at radius 1 is 1.18 bits per heavy atom. The normalized spacial score (nSPS) is 12.1. The van der Waals surface area contributed by atoms with Gasteiger partial charge in [-0.2, -0.15) is 0 Å². The number of hydrogen-bond acceptors (Lipinski definition) is 6. The van der Waals surface area contributed by atoms with Crippen molar-refractivity contribution in [3.63, 3.8) is 0 Å². The van der Waals surface area contributed by atoms with Gasteiger partial charge in [-0.25, -0.2) is 14.4 Å². The van der Waals surface area contributed by atoms with Crippen LogP contribution in [0.25, 0.3) is 32.8 Å². The molecule has 3 N–H and O–H groups in total. The Morgan fingerprint density at radius 2 is 1.96 bits per heavy atom. The highest BCUT2D eigenvalue weighted by Gasteiger charge is 2.15. The number of nitrogens with one attached hydrogen (secondary N) is 1. The number of fused-ring (bicyclic) bond motifs is 1. The van der Waals surface area contributed by atoms with E-state index in [0.29, 0.717) is 22.4 Å². The molecule has 4 rings (SSSR count). The van der Waals surface area contributed by atoms with Crippen LogP contribution < -0.4 is 11.1 Å². The molecule has 0 bridgehead atoms. The van der Waals surface area contributed by atoms with Crippen molar-refractivity contribution in [1.29, 1.82) is 0 Å². The number of aromatic nitrogens is 2. The molecule has 0 unspecified atom stereocenters. The van der Waals surface area contributed by atoms with E-state index in [-0.39, 0.29) is 5.82 Å². The molecule has 0 radical (unpaired) electrons. The van der Waals surface area contributed by atoms with E-state index in [2.05, 4.69) is 15.3 Å². The lowest BCUT2D eigenvalue weighted by molar-refractivity contribution is 0.572. The molecule has 0 aliphatic carbocycles. The molecule has 2 aromatic heterocycles. The molecule has 28 heavy (non-hydrogen) atoms. The summed E-state index contributed by atoms with van der Waals surface area (Å²) in [6.07, 6.45) is 6.93. The third-order valence-corrected chi connectivity index (χ3v) is 4.99. The van der Waals surface area contributed by atoms with Crippen molar-refractivity contribution >= 4 is 26.7 Å². The van der Waals surface area contributed by atoms with Crippen LogP contribution in [0, 0.1) is 5.82 Å². The highest BCUT2D eigenvalue weighted by atomic mass is 32.1. The summed E-state index contributed by atoms with van der Waals surface area (Å²) < 4.78 is 19.8. The van der Waals surface area contributed by atoms with E-state index in [4.69, 9.17) is 10.2 Å². The van der Waals surface area contributed by atoms with Gasteiger partial charge in [0.05, 0.1) is 10.2 Å². The summed E-state index contributed by atoms with van der Waals surface area (Å²) in [6.45, 7) is 1.92. The zero-order valence-corrected chi connectivity index (χ0v) is 15.8. The third kappa shape index (κ3) is 3.65. The maximum Gasteiger partial charge on any atom is 0.189 e. The molecule has 0 aliphatic heterocycles. The average Bonchev–Trinajstić information content (AvgIpc) is 3.32. The van der Waals surface area contributed by atoms with Gasteiger partial charge in [-0.15, -0.1) is 0 Å². The van der Waals surface area contributed by atoms with Gasteiger partial charge in [0, 0.05) is 11.1 Å². The fraction of sp³-hybridized carbons (Fsp3) is 0.0476. The Hall–Kier alpha value is -3.45. The second-order valence-corrected chi connectivity index (χ2v) is 7.04. The van der Waals surface area contributed by atoms with Crippen LogP contribution in [-0.2, 0) is 0 Å². The lowest BCUT2D eigenvalue weighted by Gasteiger charge is -2.02. The molecule has 0 amide bonds. The predicted molar refractivity (Wildman–Crippen MR) is 111 cm³/mol. The highest BCUT2D eigenvalue weighted by Crippen LogP contribution is 2.35. The van der Waals surface area contributed by atoms with Gasteiger partial charge in [0.25, 0.3) is 0 Å². The molecule has 0 saturated heterocycles. The smallest absolute Gasteiger partial charge is 0.189 e. The van der Waals surface area contributed by atoms with Crippen LogP contribution in [0.2, 0.25) is 0 Å². The maximum absolute atomic E-state index is 13.2. The van der Waals surface area contributed by atoms with E-state index in [1.54, 1.807) is 18.2 Å². The topological polar surface area (TPSA) is 77.0 Å². The fourth-order valence-electron chi connectivity index (χ4n) is 2.75. The summed E-state index contributed by atoms with van der Waals surface area (Å²) in [5.74, 6) is 0.859. The molecule has 5 nitrogen and oxygen atoms in total. The first-order chi connectivity index (χ1) is 13.6. The zero-order chi connectivity index (χ0) is 19.5. The molecule has 4 aromatic rings. The van der Waals surface area contributed by atoms with Crippen molar-refractivity contribution in [3.8, 4) is 22.6 Å². The standard InChI is InChI=1S/C21H17FN4OS/c1-2-3-4-18(23)26-21-25-16-10-7-14(11-17(16)28-21)20-19(24-12-27-20)13-5-8-15(22)9-6-13/h2-12H,23H2,1H3,(H,25,26)/b3-2-,18-4+. The van der Waals surface area contributed by atoms with Crippen LogP contribution in [0.3, 0.4) is 0 Å². The van der Waals surface area contributed by atoms with Crippen LogP contribution in [0.1, 0.15) is 6.92 Å². The number of benzene rings is 2. The largest absolute Gasteiger partial charge is 0.443 e. The van der Waals surface area contributed by atoms with Gasteiger partial charge in [0.2, 0.25) is 0 Å².